The highest BCUT2D eigenvalue weighted by Crippen LogP contribution is 2.19. The van der Waals surface area contributed by atoms with Gasteiger partial charge in [0.15, 0.2) is 0 Å². The predicted molar refractivity (Wildman–Crippen MR) is 102 cm³/mol. The molecule has 0 unspecified atom stereocenters. The van der Waals surface area contributed by atoms with Crippen LogP contribution in [0, 0.1) is 5.92 Å². The van der Waals surface area contributed by atoms with Crippen molar-refractivity contribution in [1.82, 2.24) is 9.97 Å². The van der Waals surface area contributed by atoms with Crippen molar-refractivity contribution in [2.45, 2.75) is 32.7 Å². The second-order valence-electron chi connectivity index (χ2n) is 6.39. The number of rotatable bonds is 8. The average Bonchev–Trinajstić information content (AvgIpc) is 2.60. The summed E-state index contributed by atoms with van der Waals surface area (Å²) in [6.45, 7) is 4.08. The molecule has 0 saturated carbocycles. The molecule has 6 nitrogen and oxygen atoms in total. The number of hydrogen-bond acceptors (Lipinski definition) is 6. The first-order chi connectivity index (χ1) is 12.4. The van der Waals surface area contributed by atoms with Crippen LogP contribution >= 0.6 is 11.6 Å². The molecule has 0 aliphatic rings. The summed E-state index contributed by atoms with van der Waals surface area (Å²) in [4.78, 5) is 20.5. The van der Waals surface area contributed by atoms with Crippen LogP contribution in [0.1, 0.15) is 31.5 Å². The van der Waals surface area contributed by atoms with Crippen LogP contribution in [0.15, 0.2) is 30.3 Å². The molecule has 0 radical (unpaired) electrons. The van der Waals surface area contributed by atoms with Crippen LogP contribution in [0.4, 0.5) is 5.82 Å². The molecule has 7 heteroatoms. The minimum absolute atomic E-state index is 0.131. The Labute approximate surface area is 158 Å². The van der Waals surface area contributed by atoms with Crippen molar-refractivity contribution in [2.75, 3.05) is 19.5 Å². The molecule has 0 fully saturated rings. The minimum atomic E-state index is -0.486. The van der Waals surface area contributed by atoms with Gasteiger partial charge in [-0.05, 0) is 41.6 Å². The molecule has 1 aromatic carbocycles. The van der Waals surface area contributed by atoms with Crippen molar-refractivity contribution in [3.05, 3.63) is 46.9 Å². The Morgan fingerprint density at radius 2 is 1.88 bits per heavy atom. The summed E-state index contributed by atoms with van der Waals surface area (Å²) in [5, 5.41) is 3.25. The second-order valence-corrected chi connectivity index (χ2v) is 6.73. The minimum Gasteiger partial charge on any atom is -0.497 e. The maximum absolute atomic E-state index is 12.0. The Balaban J connectivity index is 2.17. The monoisotopic (exact) mass is 377 g/mol. The van der Waals surface area contributed by atoms with Gasteiger partial charge in [-0.2, -0.15) is 0 Å². The zero-order valence-corrected chi connectivity index (χ0v) is 16.2. The van der Waals surface area contributed by atoms with E-state index in [9.17, 15) is 4.79 Å². The van der Waals surface area contributed by atoms with Gasteiger partial charge in [0.05, 0.1) is 19.9 Å². The smallest absolute Gasteiger partial charge is 0.328 e. The summed E-state index contributed by atoms with van der Waals surface area (Å²) in [6.07, 6.45) is 1.22. The number of methoxy groups -OCH3 is 2. The van der Waals surface area contributed by atoms with Crippen molar-refractivity contribution in [3.8, 4) is 5.75 Å². The normalized spacial score (nSPS) is 11.9. The third kappa shape index (κ3) is 5.88. The number of carbonyl (C=O) groups excluding carboxylic acids is 1. The first-order valence-corrected chi connectivity index (χ1v) is 8.79. The highest BCUT2D eigenvalue weighted by atomic mass is 35.5. The van der Waals surface area contributed by atoms with Gasteiger partial charge >= 0.3 is 5.97 Å². The van der Waals surface area contributed by atoms with Crippen molar-refractivity contribution < 1.29 is 14.3 Å². The standard InChI is InChI=1S/C19H24ClN3O3/c1-12(2)9-16(18(24)26-4)22-17-11-14(21-19(20)23-17)10-13-5-7-15(25-3)8-6-13/h5-8,11-12,16H,9-10H2,1-4H3,(H,21,22,23)/t16-/m1/s1. The SMILES string of the molecule is COC(=O)[C@@H](CC(C)C)Nc1cc(Cc2ccc(OC)cc2)nc(Cl)n1. The summed E-state index contributed by atoms with van der Waals surface area (Å²) in [6, 6.07) is 9.04. The molecule has 1 aromatic heterocycles. The van der Waals surface area contributed by atoms with Crippen molar-refractivity contribution in [1.29, 1.82) is 0 Å². The lowest BCUT2D eigenvalue weighted by Gasteiger charge is -2.19. The van der Waals surface area contributed by atoms with Gasteiger partial charge in [-0.3, -0.25) is 0 Å². The Hall–Kier alpha value is -2.34. The van der Waals surface area contributed by atoms with E-state index in [0.29, 0.717) is 24.6 Å². The maximum atomic E-state index is 12.0. The van der Waals surface area contributed by atoms with Crippen LogP contribution < -0.4 is 10.1 Å². The number of carbonyl (C=O) groups is 1. The zero-order chi connectivity index (χ0) is 19.1. The van der Waals surface area contributed by atoms with Crippen molar-refractivity contribution >= 4 is 23.4 Å². The van der Waals surface area contributed by atoms with Crippen molar-refractivity contribution in [3.63, 3.8) is 0 Å². The Bertz CT molecular complexity index is 735. The molecule has 0 amide bonds. The quantitative estimate of drug-likeness (QED) is 0.558. The maximum Gasteiger partial charge on any atom is 0.328 e. The lowest BCUT2D eigenvalue weighted by molar-refractivity contribution is -0.141. The molecule has 2 aromatic rings. The molecular formula is C19H24ClN3O3. The van der Waals surface area contributed by atoms with Crippen LogP contribution in [0.3, 0.4) is 0 Å². The van der Waals surface area contributed by atoms with Crippen molar-refractivity contribution in [2.24, 2.45) is 5.92 Å². The summed E-state index contributed by atoms with van der Waals surface area (Å²) < 4.78 is 10.0. The van der Waals surface area contributed by atoms with Gasteiger partial charge in [0.1, 0.15) is 17.6 Å². The van der Waals surface area contributed by atoms with E-state index in [2.05, 4.69) is 15.3 Å². The molecule has 1 atom stereocenters. The van der Waals surface area contributed by atoms with Crippen LogP contribution in [0.5, 0.6) is 5.75 Å². The number of nitrogens with zero attached hydrogens (tertiary/aromatic N) is 2. The highest BCUT2D eigenvalue weighted by molar-refractivity contribution is 6.28. The number of esters is 1. The molecule has 1 heterocycles. The Kier molecular flexibility index (Phi) is 7.21. The molecule has 0 aliphatic heterocycles. The van der Waals surface area contributed by atoms with E-state index in [1.807, 2.05) is 38.1 Å². The fourth-order valence-electron chi connectivity index (χ4n) is 2.59. The van der Waals surface area contributed by atoms with Gasteiger partial charge in [-0.25, -0.2) is 14.8 Å². The second kappa shape index (κ2) is 9.38. The fourth-order valence-corrected chi connectivity index (χ4v) is 2.79. The number of halogens is 1. The van der Waals surface area contributed by atoms with Gasteiger partial charge in [-0.15, -0.1) is 0 Å². The van der Waals surface area contributed by atoms with Gasteiger partial charge in [-0.1, -0.05) is 26.0 Å². The molecule has 0 aliphatic carbocycles. The molecule has 0 spiro atoms. The van der Waals surface area contributed by atoms with Gasteiger partial charge in [0, 0.05) is 12.5 Å². The number of aromatic nitrogens is 2. The average molecular weight is 378 g/mol. The number of nitrogens with one attached hydrogen (secondary N) is 1. The third-order valence-corrected chi connectivity index (χ3v) is 3.98. The molecule has 26 heavy (non-hydrogen) atoms. The first kappa shape index (κ1) is 20.0. The summed E-state index contributed by atoms with van der Waals surface area (Å²) in [5.41, 5.74) is 1.82. The van der Waals surface area contributed by atoms with Crippen LogP contribution in [-0.4, -0.2) is 36.2 Å². The van der Waals surface area contributed by atoms with E-state index >= 15 is 0 Å². The van der Waals surface area contributed by atoms with Gasteiger partial charge < -0.3 is 14.8 Å². The summed E-state index contributed by atoms with van der Waals surface area (Å²) in [7, 11) is 3.01. The number of hydrogen-bond donors (Lipinski definition) is 1. The number of anilines is 1. The number of benzene rings is 1. The number of ether oxygens (including phenoxy) is 2. The topological polar surface area (TPSA) is 73.3 Å². The Morgan fingerprint density at radius 1 is 1.19 bits per heavy atom. The van der Waals surface area contributed by atoms with E-state index in [1.54, 1.807) is 13.2 Å². The lowest BCUT2D eigenvalue weighted by atomic mass is 10.0. The van der Waals surface area contributed by atoms with E-state index < -0.39 is 6.04 Å². The molecule has 1 N–H and O–H groups in total. The Morgan fingerprint density at radius 3 is 2.46 bits per heavy atom. The van der Waals surface area contributed by atoms with Crippen LogP contribution in [0.2, 0.25) is 5.28 Å². The van der Waals surface area contributed by atoms with Crippen LogP contribution in [0.25, 0.3) is 0 Å². The fraction of sp³-hybridized carbons (Fsp3) is 0.421. The summed E-state index contributed by atoms with van der Waals surface area (Å²) >= 11 is 6.07. The molecular weight excluding hydrogens is 354 g/mol. The first-order valence-electron chi connectivity index (χ1n) is 8.42. The van der Waals surface area contributed by atoms with Gasteiger partial charge in [0.25, 0.3) is 0 Å². The lowest BCUT2D eigenvalue weighted by Crippen LogP contribution is -2.32. The molecule has 2 rings (SSSR count). The highest BCUT2D eigenvalue weighted by Gasteiger charge is 2.21. The molecule has 140 valence electrons. The third-order valence-electron chi connectivity index (χ3n) is 3.81. The summed E-state index contributed by atoms with van der Waals surface area (Å²) in [5.74, 6) is 1.30. The molecule has 0 saturated heterocycles. The predicted octanol–water partition coefficient (Wildman–Crippen LogP) is 3.73. The molecule has 0 bridgehead atoms. The van der Waals surface area contributed by atoms with Gasteiger partial charge in [0.2, 0.25) is 5.28 Å². The van der Waals surface area contributed by atoms with Crippen LogP contribution in [-0.2, 0) is 16.0 Å². The van der Waals surface area contributed by atoms with E-state index in [4.69, 9.17) is 21.1 Å². The van der Waals surface area contributed by atoms with E-state index in [-0.39, 0.29) is 11.3 Å². The van der Waals surface area contributed by atoms with E-state index in [1.165, 1.54) is 7.11 Å². The zero-order valence-electron chi connectivity index (χ0n) is 15.5. The largest absolute Gasteiger partial charge is 0.497 e. The van der Waals surface area contributed by atoms with E-state index in [0.717, 1.165) is 17.0 Å².